The van der Waals surface area contributed by atoms with Gasteiger partial charge in [-0.25, -0.2) is 4.79 Å². The molecule has 1 amide bonds. The van der Waals surface area contributed by atoms with Crippen molar-refractivity contribution in [2.75, 3.05) is 13.7 Å². The summed E-state index contributed by atoms with van der Waals surface area (Å²) in [7, 11) is 1.50. The fourth-order valence-corrected chi connectivity index (χ4v) is 1.29. The van der Waals surface area contributed by atoms with Crippen molar-refractivity contribution in [3.8, 4) is 0 Å². The van der Waals surface area contributed by atoms with E-state index < -0.39 is 17.4 Å². The van der Waals surface area contributed by atoms with Gasteiger partial charge < -0.3 is 15.1 Å². The van der Waals surface area contributed by atoms with Crippen molar-refractivity contribution in [1.82, 2.24) is 9.88 Å². The smallest absolute Gasteiger partial charge is 0.338 e. The minimum absolute atomic E-state index is 0.131. The molecule has 1 aromatic heterocycles. The Balaban J connectivity index is 3.16. The van der Waals surface area contributed by atoms with E-state index in [2.05, 4.69) is 4.98 Å². The van der Waals surface area contributed by atoms with Crippen molar-refractivity contribution in [3.63, 3.8) is 0 Å². The van der Waals surface area contributed by atoms with Crippen LogP contribution < -0.4 is 0 Å². The van der Waals surface area contributed by atoms with Gasteiger partial charge in [0, 0.05) is 13.2 Å². The lowest BCUT2D eigenvalue weighted by Crippen LogP contribution is -2.48. The number of carboxylic acids is 1. The standard InChI is InChI=1S/C12H16N2O4/c1-12(2,7-15)14(3)10(16)9-8(11(17)18)5-4-6-13-9/h4-6,15H,7H2,1-3H3,(H,17,18). The summed E-state index contributed by atoms with van der Waals surface area (Å²) in [5.41, 5.74) is -1.07. The molecule has 0 spiro atoms. The number of aromatic nitrogens is 1. The number of carbonyl (C=O) groups is 2. The van der Waals surface area contributed by atoms with Crippen LogP contribution in [0.2, 0.25) is 0 Å². The van der Waals surface area contributed by atoms with Crippen LogP contribution in [0, 0.1) is 0 Å². The van der Waals surface area contributed by atoms with Gasteiger partial charge in [-0.15, -0.1) is 0 Å². The lowest BCUT2D eigenvalue weighted by molar-refractivity contribution is 0.0460. The summed E-state index contributed by atoms with van der Waals surface area (Å²) in [6.07, 6.45) is 1.36. The van der Waals surface area contributed by atoms with E-state index in [4.69, 9.17) is 5.11 Å². The van der Waals surface area contributed by atoms with Gasteiger partial charge >= 0.3 is 5.97 Å². The van der Waals surface area contributed by atoms with Crippen LogP contribution in [0.1, 0.15) is 34.7 Å². The Morgan fingerprint density at radius 2 is 2.06 bits per heavy atom. The van der Waals surface area contributed by atoms with E-state index in [0.29, 0.717) is 0 Å². The Morgan fingerprint density at radius 1 is 1.44 bits per heavy atom. The minimum atomic E-state index is -1.21. The van der Waals surface area contributed by atoms with Crippen molar-refractivity contribution in [2.45, 2.75) is 19.4 Å². The van der Waals surface area contributed by atoms with E-state index in [1.54, 1.807) is 13.8 Å². The van der Waals surface area contributed by atoms with Gasteiger partial charge in [0.1, 0.15) is 5.69 Å². The van der Waals surface area contributed by atoms with E-state index in [1.807, 2.05) is 0 Å². The average Bonchev–Trinajstić information content (AvgIpc) is 2.36. The first kappa shape index (κ1) is 14.1. The third-order valence-electron chi connectivity index (χ3n) is 2.84. The number of aliphatic hydroxyl groups is 1. The summed E-state index contributed by atoms with van der Waals surface area (Å²) in [6.45, 7) is 3.12. The van der Waals surface area contributed by atoms with Crippen molar-refractivity contribution in [3.05, 3.63) is 29.6 Å². The molecule has 0 radical (unpaired) electrons. The predicted molar refractivity (Wildman–Crippen MR) is 64.5 cm³/mol. The molecule has 6 nitrogen and oxygen atoms in total. The van der Waals surface area contributed by atoms with Crippen LogP contribution in [0.15, 0.2) is 18.3 Å². The summed E-state index contributed by atoms with van der Waals surface area (Å²) < 4.78 is 0. The first-order valence-corrected chi connectivity index (χ1v) is 5.38. The first-order chi connectivity index (χ1) is 8.31. The van der Waals surface area contributed by atoms with Crippen LogP contribution in [0.5, 0.6) is 0 Å². The Bertz CT molecular complexity index is 471. The Kier molecular flexibility index (Phi) is 4.03. The molecule has 0 bridgehead atoms. The topological polar surface area (TPSA) is 90.7 Å². The number of carboxylic acid groups (broad SMARTS) is 1. The highest BCUT2D eigenvalue weighted by Gasteiger charge is 2.30. The molecule has 0 saturated carbocycles. The summed E-state index contributed by atoms with van der Waals surface area (Å²) in [6, 6.07) is 2.78. The number of carbonyl (C=O) groups excluding carboxylic acids is 1. The highest BCUT2D eigenvalue weighted by Crippen LogP contribution is 2.16. The van der Waals surface area contributed by atoms with Crippen LogP contribution in [0.3, 0.4) is 0 Å². The summed E-state index contributed by atoms with van der Waals surface area (Å²) >= 11 is 0. The lowest BCUT2D eigenvalue weighted by atomic mass is 10.0. The Hall–Kier alpha value is -1.95. The molecular weight excluding hydrogens is 236 g/mol. The SMILES string of the molecule is CN(C(=O)c1ncccc1C(=O)O)C(C)(C)CO. The second kappa shape index (κ2) is 5.14. The Labute approximate surface area is 105 Å². The molecule has 2 N–H and O–H groups in total. The molecule has 0 saturated heterocycles. The maximum atomic E-state index is 12.2. The minimum Gasteiger partial charge on any atom is -0.478 e. The summed E-state index contributed by atoms with van der Waals surface area (Å²) in [4.78, 5) is 28.3. The molecular formula is C12H16N2O4. The fourth-order valence-electron chi connectivity index (χ4n) is 1.29. The number of amides is 1. The van der Waals surface area contributed by atoms with Gasteiger partial charge in [0.15, 0.2) is 0 Å². The molecule has 0 aliphatic heterocycles. The molecule has 0 aliphatic rings. The lowest BCUT2D eigenvalue weighted by Gasteiger charge is -2.33. The highest BCUT2D eigenvalue weighted by atomic mass is 16.4. The third kappa shape index (κ3) is 2.65. The van der Waals surface area contributed by atoms with Crippen LogP contribution in [-0.4, -0.2) is 51.2 Å². The molecule has 0 aliphatic carbocycles. The average molecular weight is 252 g/mol. The van der Waals surface area contributed by atoms with Crippen molar-refractivity contribution < 1.29 is 19.8 Å². The van der Waals surface area contributed by atoms with Gasteiger partial charge in [-0.05, 0) is 26.0 Å². The van der Waals surface area contributed by atoms with Gasteiger partial charge in [0.25, 0.3) is 5.91 Å². The molecule has 18 heavy (non-hydrogen) atoms. The monoisotopic (exact) mass is 252 g/mol. The van der Waals surface area contributed by atoms with E-state index in [9.17, 15) is 14.7 Å². The quantitative estimate of drug-likeness (QED) is 0.819. The fraction of sp³-hybridized carbons (Fsp3) is 0.417. The number of hydrogen-bond acceptors (Lipinski definition) is 4. The van der Waals surface area contributed by atoms with Gasteiger partial charge in [0.05, 0.1) is 17.7 Å². The van der Waals surface area contributed by atoms with Crippen LogP contribution in [0.4, 0.5) is 0 Å². The molecule has 1 rings (SSSR count). The van der Waals surface area contributed by atoms with Crippen molar-refractivity contribution in [1.29, 1.82) is 0 Å². The number of aromatic carboxylic acids is 1. The predicted octanol–water partition coefficient (Wildman–Crippen LogP) is 0.623. The molecule has 1 heterocycles. The maximum absolute atomic E-state index is 12.2. The first-order valence-electron chi connectivity index (χ1n) is 5.38. The number of hydrogen-bond donors (Lipinski definition) is 2. The zero-order chi connectivity index (χ0) is 13.9. The number of rotatable bonds is 4. The van der Waals surface area contributed by atoms with Crippen molar-refractivity contribution >= 4 is 11.9 Å². The summed E-state index contributed by atoms with van der Waals surface area (Å²) in [5, 5.41) is 18.2. The van der Waals surface area contributed by atoms with Gasteiger partial charge in [-0.3, -0.25) is 9.78 Å². The van der Waals surface area contributed by atoms with E-state index in [-0.39, 0.29) is 17.9 Å². The zero-order valence-electron chi connectivity index (χ0n) is 10.5. The van der Waals surface area contributed by atoms with Gasteiger partial charge in [-0.1, -0.05) is 0 Å². The number of aliphatic hydroxyl groups excluding tert-OH is 1. The van der Waals surface area contributed by atoms with Crippen LogP contribution in [0.25, 0.3) is 0 Å². The normalized spacial score (nSPS) is 11.1. The van der Waals surface area contributed by atoms with Gasteiger partial charge in [-0.2, -0.15) is 0 Å². The molecule has 0 atom stereocenters. The highest BCUT2D eigenvalue weighted by molar-refractivity contribution is 6.03. The summed E-state index contributed by atoms with van der Waals surface area (Å²) in [5.74, 6) is -1.74. The number of likely N-dealkylation sites (N-methyl/N-ethyl adjacent to an activating group) is 1. The zero-order valence-corrected chi connectivity index (χ0v) is 10.5. The van der Waals surface area contributed by atoms with Crippen LogP contribution >= 0.6 is 0 Å². The largest absolute Gasteiger partial charge is 0.478 e. The van der Waals surface area contributed by atoms with Gasteiger partial charge in [0.2, 0.25) is 0 Å². The number of pyridine rings is 1. The van der Waals surface area contributed by atoms with E-state index >= 15 is 0 Å². The molecule has 1 aromatic rings. The van der Waals surface area contributed by atoms with Crippen LogP contribution in [-0.2, 0) is 0 Å². The molecule has 98 valence electrons. The molecule has 6 heteroatoms. The maximum Gasteiger partial charge on any atom is 0.338 e. The molecule has 0 aromatic carbocycles. The molecule has 0 unspecified atom stereocenters. The second-order valence-corrected chi connectivity index (χ2v) is 4.54. The van der Waals surface area contributed by atoms with E-state index in [0.717, 1.165) is 0 Å². The number of nitrogens with zero attached hydrogens (tertiary/aromatic N) is 2. The van der Waals surface area contributed by atoms with Crippen molar-refractivity contribution in [2.24, 2.45) is 0 Å². The Morgan fingerprint density at radius 3 is 2.56 bits per heavy atom. The van der Waals surface area contributed by atoms with E-state index in [1.165, 1.54) is 30.3 Å². The second-order valence-electron chi connectivity index (χ2n) is 4.54. The molecule has 0 fully saturated rings. The third-order valence-corrected chi connectivity index (χ3v) is 2.84.